The van der Waals surface area contributed by atoms with E-state index in [0.29, 0.717) is 17.2 Å². The standard InChI is InChI=1S/C12H14ClN5O/c1-7(2)18-6-8(14)5-9(18)11(19)16-10-3-4-15-12(13)17-10/h3-7H,14H2,1-2H3,(H,15,16,17,19). The van der Waals surface area contributed by atoms with Gasteiger partial charge >= 0.3 is 0 Å². The Bertz CT molecular complexity index is 608. The molecule has 0 aliphatic carbocycles. The molecule has 2 aromatic rings. The Morgan fingerprint density at radius 3 is 2.89 bits per heavy atom. The molecule has 0 spiro atoms. The average molecular weight is 280 g/mol. The maximum Gasteiger partial charge on any atom is 0.273 e. The zero-order valence-electron chi connectivity index (χ0n) is 10.6. The van der Waals surface area contributed by atoms with E-state index < -0.39 is 0 Å². The van der Waals surface area contributed by atoms with Crippen LogP contribution in [0.3, 0.4) is 0 Å². The van der Waals surface area contributed by atoms with Crippen LogP contribution in [0.25, 0.3) is 0 Å². The first-order valence-electron chi connectivity index (χ1n) is 5.74. The van der Waals surface area contributed by atoms with Gasteiger partial charge in [0.15, 0.2) is 0 Å². The Labute approximate surface area is 115 Å². The number of aromatic nitrogens is 3. The number of carbonyl (C=O) groups excluding carboxylic acids is 1. The normalized spacial score (nSPS) is 10.7. The monoisotopic (exact) mass is 279 g/mol. The van der Waals surface area contributed by atoms with Gasteiger partial charge in [-0.15, -0.1) is 0 Å². The molecule has 0 fully saturated rings. The summed E-state index contributed by atoms with van der Waals surface area (Å²) >= 11 is 5.66. The number of hydrogen-bond donors (Lipinski definition) is 2. The topological polar surface area (TPSA) is 85.8 Å². The Balaban J connectivity index is 2.25. The van der Waals surface area contributed by atoms with Crippen LogP contribution in [0.2, 0.25) is 5.28 Å². The zero-order valence-corrected chi connectivity index (χ0v) is 11.3. The molecule has 0 saturated carbocycles. The lowest BCUT2D eigenvalue weighted by Crippen LogP contribution is -2.18. The summed E-state index contributed by atoms with van der Waals surface area (Å²) in [5, 5.41) is 2.74. The van der Waals surface area contributed by atoms with Crippen molar-refractivity contribution < 1.29 is 4.79 Å². The minimum absolute atomic E-state index is 0.0801. The lowest BCUT2D eigenvalue weighted by atomic mass is 10.3. The van der Waals surface area contributed by atoms with Gasteiger partial charge in [0.1, 0.15) is 11.5 Å². The molecule has 0 atom stereocenters. The molecule has 6 nitrogen and oxygen atoms in total. The van der Waals surface area contributed by atoms with Gasteiger partial charge in [-0.25, -0.2) is 9.97 Å². The Morgan fingerprint density at radius 2 is 2.26 bits per heavy atom. The minimum Gasteiger partial charge on any atom is -0.397 e. The van der Waals surface area contributed by atoms with E-state index in [2.05, 4.69) is 15.3 Å². The average Bonchev–Trinajstić information content (AvgIpc) is 2.71. The number of hydrogen-bond acceptors (Lipinski definition) is 4. The van der Waals surface area contributed by atoms with Crippen molar-refractivity contribution in [3.05, 3.63) is 35.5 Å². The predicted molar refractivity (Wildman–Crippen MR) is 74.2 cm³/mol. The molecule has 2 heterocycles. The molecular weight excluding hydrogens is 266 g/mol. The van der Waals surface area contributed by atoms with E-state index in [0.717, 1.165) is 0 Å². The number of anilines is 2. The van der Waals surface area contributed by atoms with E-state index in [1.165, 1.54) is 6.20 Å². The van der Waals surface area contributed by atoms with E-state index >= 15 is 0 Å². The highest BCUT2D eigenvalue weighted by atomic mass is 35.5. The molecule has 2 aromatic heterocycles. The summed E-state index contributed by atoms with van der Waals surface area (Å²) < 4.78 is 1.80. The summed E-state index contributed by atoms with van der Waals surface area (Å²) in [6.45, 7) is 3.94. The highest BCUT2D eigenvalue weighted by Crippen LogP contribution is 2.17. The van der Waals surface area contributed by atoms with Gasteiger partial charge in [-0.1, -0.05) is 0 Å². The Morgan fingerprint density at radius 1 is 1.53 bits per heavy atom. The Kier molecular flexibility index (Phi) is 3.71. The number of amides is 1. The molecule has 0 aliphatic rings. The van der Waals surface area contributed by atoms with Crippen LogP contribution in [-0.2, 0) is 0 Å². The molecule has 2 rings (SSSR count). The SMILES string of the molecule is CC(C)n1cc(N)cc1C(=O)Nc1ccnc(Cl)n1. The van der Waals surface area contributed by atoms with Crippen LogP contribution in [-0.4, -0.2) is 20.4 Å². The third-order valence-corrected chi connectivity index (χ3v) is 2.71. The smallest absolute Gasteiger partial charge is 0.273 e. The molecule has 100 valence electrons. The number of nitrogens with two attached hydrogens (primary N) is 1. The summed E-state index contributed by atoms with van der Waals surface area (Å²) in [5.41, 5.74) is 6.74. The number of nitrogens with one attached hydrogen (secondary N) is 1. The molecule has 7 heteroatoms. The van der Waals surface area contributed by atoms with Gasteiger partial charge in [0.2, 0.25) is 5.28 Å². The summed E-state index contributed by atoms with van der Waals surface area (Å²) in [7, 11) is 0. The summed E-state index contributed by atoms with van der Waals surface area (Å²) in [6, 6.07) is 3.32. The Hall–Kier alpha value is -2.08. The summed E-state index contributed by atoms with van der Waals surface area (Å²) in [4.78, 5) is 19.8. The summed E-state index contributed by atoms with van der Waals surface area (Å²) in [6.07, 6.45) is 3.20. The van der Waals surface area contributed by atoms with Crippen LogP contribution >= 0.6 is 11.6 Å². The fourth-order valence-corrected chi connectivity index (χ4v) is 1.84. The molecule has 19 heavy (non-hydrogen) atoms. The van der Waals surface area contributed by atoms with Crippen molar-refractivity contribution in [2.75, 3.05) is 11.1 Å². The van der Waals surface area contributed by atoms with Gasteiger partial charge < -0.3 is 15.6 Å². The van der Waals surface area contributed by atoms with Crippen LogP contribution < -0.4 is 11.1 Å². The van der Waals surface area contributed by atoms with E-state index in [1.807, 2.05) is 13.8 Å². The van der Waals surface area contributed by atoms with Crippen molar-refractivity contribution in [3.63, 3.8) is 0 Å². The highest BCUT2D eigenvalue weighted by molar-refractivity contribution is 6.28. The van der Waals surface area contributed by atoms with Crippen molar-refractivity contribution in [3.8, 4) is 0 Å². The van der Waals surface area contributed by atoms with Crippen LogP contribution in [0.15, 0.2) is 24.5 Å². The maximum atomic E-state index is 12.2. The molecule has 3 N–H and O–H groups in total. The number of halogens is 1. The summed E-state index contributed by atoms with van der Waals surface area (Å²) in [5.74, 6) is 0.0558. The van der Waals surface area contributed by atoms with Crippen molar-refractivity contribution in [2.45, 2.75) is 19.9 Å². The van der Waals surface area contributed by atoms with E-state index in [4.69, 9.17) is 17.3 Å². The van der Waals surface area contributed by atoms with Crippen LogP contribution in [0.1, 0.15) is 30.4 Å². The van der Waals surface area contributed by atoms with Gasteiger partial charge in [-0.3, -0.25) is 4.79 Å². The quantitative estimate of drug-likeness (QED) is 0.845. The molecule has 1 amide bonds. The van der Waals surface area contributed by atoms with Crippen molar-refractivity contribution in [1.82, 2.24) is 14.5 Å². The fourth-order valence-electron chi connectivity index (χ4n) is 1.69. The molecule has 0 aliphatic heterocycles. The second-order valence-electron chi connectivity index (χ2n) is 4.32. The largest absolute Gasteiger partial charge is 0.397 e. The molecule has 0 radical (unpaired) electrons. The number of nitrogens with zero attached hydrogens (tertiary/aromatic N) is 3. The number of rotatable bonds is 3. The zero-order chi connectivity index (χ0) is 14.0. The fraction of sp³-hybridized carbons (Fsp3) is 0.250. The number of nitrogen functional groups attached to an aromatic ring is 1. The van der Waals surface area contributed by atoms with Crippen molar-refractivity contribution in [2.24, 2.45) is 0 Å². The van der Waals surface area contributed by atoms with Crippen molar-refractivity contribution in [1.29, 1.82) is 0 Å². The molecule has 0 bridgehead atoms. The second-order valence-corrected chi connectivity index (χ2v) is 4.66. The first kappa shape index (κ1) is 13.4. The van der Waals surface area contributed by atoms with Crippen LogP contribution in [0.5, 0.6) is 0 Å². The number of carbonyl (C=O) groups is 1. The predicted octanol–water partition coefficient (Wildman–Crippen LogP) is 2.35. The van der Waals surface area contributed by atoms with Gasteiger partial charge in [-0.05, 0) is 37.6 Å². The minimum atomic E-state index is -0.292. The maximum absolute atomic E-state index is 12.2. The van der Waals surface area contributed by atoms with E-state index in [9.17, 15) is 4.79 Å². The van der Waals surface area contributed by atoms with Gasteiger partial charge in [0, 0.05) is 18.4 Å². The first-order valence-corrected chi connectivity index (χ1v) is 6.12. The lowest BCUT2D eigenvalue weighted by Gasteiger charge is -2.12. The van der Waals surface area contributed by atoms with Crippen LogP contribution in [0, 0.1) is 0 Å². The molecule has 0 unspecified atom stereocenters. The first-order chi connectivity index (χ1) is 8.97. The third-order valence-electron chi connectivity index (χ3n) is 2.53. The van der Waals surface area contributed by atoms with E-state index in [1.54, 1.807) is 22.9 Å². The van der Waals surface area contributed by atoms with Crippen molar-refractivity contribution >= 4 is 29.0 Å². The van der Waals surface area contributed by atoms with Crippen LogP contribution in [0.4, 0.5) is 11.5 Å². The molecule has 0 saturated heterocycles. The van der Waals surface area contributed by atoms with Gasteiger partial charge in [0.25, 0.3) is 5.91 Å². The van der Waals surface area contributed by atoms with E-state index in [-0.39, 0.29) is 17.2 Å². The molecular formula is C12H14ClN5O. The van der Waals surface area contributed by atoms with Gasteiger partial charge in [0.05, 0.1) is 5.69 Å². The second kappa shape index (κ2) is 5.27. The third kappa shape index (κ3) is 3.03. The van der Waals surface area contributed by atoms with Gasteiger partial charge in [-0.2, -0.15) is 0 Å². The lowest BCUT2D eigenvalue weighted by molar-refractivity contribution is 0.101. The molecule has 0 aromatic carbocycles. The highest BCUT2D eigenvalue weighted by Gasteiger charge is 2.15.